The van der Waals surface area contributed by atoms with Crippen molar-refractivity contribution in [3.05, 3.63) is 53.6 Å². The van der Waals surface area contributed by atoms with Crippen molar-refractivity contribution >= 4 is 28.7 Å². The first kappa shape index (κ1) is 25.2. The molecule has 0 fully saturated rings. The van der Waals surface area contributed by atoms with E-state index in [0.29, 0.717) is 46.8 Å². The van der Waals surface area contributed by atoms with Crippen molar-refractivity contribution in [3.8, 4) is 16.9 Å². The molecular weight excluding hydrogens is 465 g/mol. The molecule has 1 N–H and O–H groups in total. The van der Waals surface area contributed by atoms with Crippen molar-refractivity contribution in [1.29, 1.82) is 0 Å². The van der Waals surface area contributed by atoms with Gasteiger partial charge < -0.3 is 24.1 Å². The SMILES string of the molecule is CCOC(=O)C1=C(c2cc3c(-c4cc(F)ccc4OC)ccnc3[nH]2)CN(C(=O)OC(C)(C)C)CC1. The van der Waals surface area contributed by atoms with Crippen LogP contribution in [0.25, 0.3) is 27.7 Å². The van der Waals surface area contributed by atoms with Crippen LogP contribution in [0.4, 0.5) is 9.18 Å². The number of aromatic amines is 1. The second-order valence-corrected chi connectivity index (χ2v) is 9.48. The van der Waals surface area contributed by atoms with E-state index in [2.05, 4.69) is 9.97 Å². The van der Waals surface area contributed by atoms with Crippen molar-refractivity contribution < 1.29 is 28.2 Å². The molecule has 0 bridgehead atoms. The molecule has 190 valence electrons. The van der Waals surface area contributed by atoms with Crippen molar-refractivity contribution in [2.75, 3.05) is 26.8 Å². The number of aromatic nitrogens is 2. The van der Waals surface area contributed by atoms with E-state index in [0.717, 1.165) is 10.9 Å². The Balaban J connectivity index is 1.81. The van der Waals surface area contributed by atoms with E-state index >= 15 is 0 Å². The van der Waals surface area contributed by atoms with Gasteiger partial charge in [-0.2, -0.15) is 0 Å². The Morgan fingerprint density at radius 3 is 2.64 bits per heavy atom. The lowest BCUT2D eigenvalue weighted by Gasteiger charge is -2.32. The number of hydrogen-bond donors (Lipinski definition) is 1. The molecule has 0 saturated heterocycles. The predicted molar refractivity (Wildman–Crippen MR) is 134 cm³/mol. The average molecular weight is 496 g/mol. The highest BCUT2D eigenvalue weighted by atomic mass is 19.1. The summed E-state index contributed by atoms with van der Waals surface area (Å²) in [7, 11) is 1.53. The molecule has 8 nitrogen and oxygen atoms in total. The van der Waals surface area contributed by atoms with Gasteiger partial charge in [-0.1, -0.05) is 0 Å². The standard InChI is InChI=1S/C27H30FN3O5/c1-6-35-25(32)18-10-12-31(26(33)36-27(2,3)4)15-21(18)22-14-20-17(9-11-29-24(20)30-22)19-13-16(28)7-8-23(19)34-5/h7-9,11,13-14H,6,10,12,15H2,1-5H3,(H,29,30). The lowest BCUT2D eigenvalue weighted by molar-refractivity contribution is -0.138. The molecule has 36 heavy (non-hydrogen) atoms. The Labute approximate surface area is 209 Å². The lowest BCUT2D eigenvalue weighted by atomic mass is 9.96. The highest BCUT2D eigenvalue weighted by Gasteiger charge is 2.31. The Morgan fingerprint density at radius 2 is 1.94 bits per heavy atom. The fraction of sp³-hybridized carbons (Fsp3) is 0.370. The number of benzene rings is 1. The molecule has 0 unspecified atom stereocenters. The third kappa shape index (κ3) is 5.19. The number of rotatable bonds is 5. The zero-order valence-electron chi connectivity index (χ0n) is 21.1. The van der Waals surface area contributed by atoms with Gasteiger partial charge in [0.25, 0.3) is 0 Å². The molecule has 0 aliphatic carbocycles. The van der Waals surface area contributed by atoms with Crippen LogP contribution < -0.4 is 4.74 Å². The smallest absolute Gasteiger partial charge is 0.410 e. The molecule has 0 radical (unpaired) electrons. The topological polar surface area (TPSA) is 93.8 Å². The van der Waals surface area contributed by atoms with Crippen LogP contribution in [0.1, 0.15) is 39.8 Å². The molecule has 2 aromatic heterocycles. The lowest BCUT2D eigenvalue weighted by Crippen LogP contribution is -2.41. The van der Waals surface area contributed by atoms with E-state index in [-0.39, 0.29) is 19.0 Å². The van der Waals surface area contributed by atoms with Crippen LogP contribution in [0, 0.1) is 5.82 Å². The number of fused-ring (bicyclic) bond motifs is 1. The van der Waals surface area contributed by atoms with Crippen LogP contribution >= 0.6 is 0 Å². The number of pyridine rings is 1. The zero-order chi connectivity index (χ0) is 26.0. The van der Waals surface area contributed by atoms with Crippen LogP contribution in [0.3, 0.4) is 0 Å². The molecule has 1 amide bonds. The summed E-state index contributed by atoms with van der Waals surface area (Å²) in [4.78, 5) is 34.9. The number of hydrogen-bond acceptors (Lipinski definition) is 6. The van der Waals surface area contributed by atoms with Gasteiger partial charge >= 0.3 is 12.1 Å². The minimum atomic E-state index is -0.647. The number of ether oxygens (including phenoxy) is 3. The fourth-order valence-electron chi connectivity index (χ4n) is 4.25. The van der Waals surface area contributed by atoms with E-state index < -0.39 is 17.7 Å². The van der Waals surface area contributed by atoms with Gasteiger partial charge in [0.2, 0.25) is 0 Å². The highest BCUT2D eigenvalue weighted by molar-refractivity contribution is 6.02. The summed E-state index contributed by atoms with van der Waals surface area (Å²) < 4.78 is 30.4. The quantitative estimate of drug-likeness (QED) is 0.481. The normalized spacial score (nSPS) is 14.2. The van der Waals surface area contributed by atoms with Gasteiger partial charge in [0.05, 0.1) is 20.3 Å². The molecule has 1 aromatic carbocycles. The van der Waals surface area contributed by atoms with Crippen LogP contribution in [0.15, 0.2) is 42.1 Å². The maximum absolute atomic E-state index is 14.1. The number of carbonyl (C=O) groups excluding carboxylic acids is 2. The van der Waals surface area contributed by atoms with Gasteiger partial charge in [-0.15, -0.1) is 0 Å². The number of halogens is 1. The van der Waals surface area contributed by atoms with Crippen LogP contribution in [0.2, 0.25) is 0 Å². The summed E-state index contributed by atoms with van der Waals surface area (Å²) in [5.74, 6) is -0.291. The van der Waals surface area contributed by atoms with E-state index in [9.17, 15) is 14.0 Å². The molecule has 1 aliphatic heterocycles. The van der Waals surface area contributed by atoms with Crippen LogP contribution in [-0.2, 0) is 14.3 Å². The summed E-state index contributed by atoms with van der Waals surface area (Å²) >= 11 is 0. The molecular formula is C27H30FN3O5. The van der Waals surface area contributed by atoms with E-state index in [1.165, 1.54) is 19.2 Å². The van der Waals surface area contributed by atoms with Gasteiger partial charge in [0, 0.05) is 40.5 Å². The summed E-state index contributed by atoms with van der Waals surface area (Å²) in [5.41, 5.74) is 2.95. The van der Waals surface area contributed by atoms with Crippen molar-refractivity contribution in [3.63, 3.8) is 0 Å². The average Bonchev–Trinajstić information content (AvgIpc) is 3.27. The van der Waals surface area contributed by atoms with Gasteiger partial charge in [-0.25, -0.2) is 19.0 Å². The van der Waals surface area contributed by atoms with Crippen molar-refractivity contribution in [2.45, 2.75) is 39.7 Å². The number of esters is 1. The monoisotopic (exact) mass is 495 g/mol. The number of H-pyrrole nitrogens is 1. The molecule has 9 heteroatoms. The first-order chi connectivity index (χ1) is 17.1. The highest BCUT2D eigenvalue weighted by Crippen LogP contribution is 2.37. The van der Waals surface area contributed by atoms with Crippen LogP contribution in [0.5, 0.6) is 5.75 Å². The van der Waals surface area contributed by atoms with Gasteiger partial charge in [-0.3, -0.25) is 0 Å². The summed E-state index contributed by atoms with van der Waals surface area (Å²) in [6.07, 6.45) is 1.49. The molecule has 0 atom stereocenters. The molecule has 3 aromatic rings. The van der Waals surface area contributed by atoms with Crippen molar-refractivity contribution in [2.24, 2.45) is 0 Å². The number of nitrogens with zero attached hydrogens (tertiary/aromatic N) is 2. The molecule has 0 spiro atoms. The summed E-state index contributed by atoms with van der Waals surface area (Å²) in [6.45, 7) is 7.90. The third-order valence-corrected chi connectivity index (χ3v) is 5.83. The summed E-state index contributed by atoms with van der Waals surface area (Å²) in [5, 5.41) is 0.724. The maximum Gasteiger partial charge on any atom is 0.410 e. The van der Waals surface area contributed by atoms with Gasteiger partial charge in [0.15, 0.2) is 0 Å². The van der Waals surface area contributed by atoms with Crippen molar-refractivity contribution in [1.82, 2.24) is 14.9 Å². The van der Waals surface area contributed by atoms with Gasteiger partial charge in [-0.05, 0) is 70.0 Å². The summed E-state index contributed by atoms with van der Waals surface area (Å²) in [6, 6.07) is 7.97. The van der Waals surface area contributed by atoms with E-state index in [4.69, 9.17) is 14.2 Å². The minimum absolute atomic E-state index is 0.161. The first-order valence-electron chi connectivity index (χ1n) is 11.8. The molecule has 0 saturated carbocycles. The Kier molecular flexibility index (Phi) is 7.01. The predicted octanol–water partition coefficient (Wildman–Crippen LogP) is 5.34. The second kappa shape index (κ2) is 10.0. The molecule has 4 rings (SSSR count). The Hall–Kier alpha value is -3.88. The number of amides is 1. The Morgan fingerprint density at radius 1 is 1.17 bits per heavy atom. The van der Waals surface area contributed by atoms with Crippen LogP contribution in [-0.4, -0.2) is 59.3 Å². The number of nitrogens with one attached hydrogen (secondary N) is 1. The fourth-order valence-corrected chi connectivity index (χ4v) is 4.25. The van der Waals surface area contributed by atoms with Gasteiger partial charge in [0.1, 0.15) is 22.8 Å². The zero-order valence-corrected chi connectivity index (χ0v) is 21.1. The van der Waals surface area contributed by atoms with E-state index in [1.54, 1.807) is 50.9 Å². The van der Waals surface area contributed by atoms with E-state index in [1.807, 2.05) is 6.07 Å². The second-order valence-electron chi connectivity index (χ2n) is 9.48. The Bertz CT molecular complexity index is 1340. The minimum Gasteiger partial charge on any atom is -0.496 e. The first-order valence-corrected chi connectivity index (χ1v) is 11.8. The molecule has 3 heterocycles. The largest absolute Gasteiger partial charge is 0.496 e. The molecule has 1 aliphatic rings. The number of carbonyl (C=O) groups is 2. The third-order valence-electron chi connectivity index (χ3n) is 5.83. The maximum atomic E-state index is 14.1. The number of methoxy groups -OCH3 is 1.